The third-order valence-corrected chi connectivity index (χ3v) is 7.81. The van der Waals surface area contributed by atoms with Crippen molar-refractivity contribution in [1.29, 1.82) is 0 Å². The fourth-order valence-electron chi connectivity index (χ4n) is 3.29. The Labute approximate surface area is 212 Å². The van der Waals surface area contributed by atoms with Gasteiger partial charge in [-0.2, -0.15) is 0 Å². The molecule has 1 saturated carbocycles. The lowest BCUT2D eigenvalue weighted by atomic mass is 10.1. The van der Waals surface area contributed by atoms with E-state index in [4.69, 9.17) is 14.5 Å². The molecule has 4 rings (SSSR count). The SMILES string of the molecule is CC(C)NS(=O)(=O)C1CC1.COc1ccc2c(OC(C)C)cc(-c3csc(NC(C)C)n3)nc2c1. The van der Waals surface area contributed by atoms with Crippen LogP contribution in [0.25, 0.3) is 22.3 Å². The number of nitrogens with zero attached hydrogens (tertiary/aromatic N) is 2. The Hall–Kier alpha value is -2.43. The van der Waals surface area contributed by atoms with E-state index in [1.165, 1.54) is 0 Å². The van der Waals surface area contributed by atoms with Crippen molar-refractivity contribution in [3.63, 3.8) is 0 Å². The number of sulfonamides is 1. The third-order valence-electron chi connectivity index (χ3n) is 4.88. The van der Waals surface area contributed by atoms with Gasteiger partial charge < -0.3 is 14.8 Å². The monoisotopic (exact) mass is 520 g/mol. The van der Waals surface area contributed by atoms with Gasteiger partial charge in [0.15, 0.2) is 5.13 Å². The summed E-state index contributed by atoms with van der Waals surface area (Å²) in [5.74, 6) is 1.58. The van der Waals surface area contributed by atoms with Gasteiger partial charge in [0.2, 0.25) is 10.0 Å². The Balaban J connectivity index is 0.000000287. The van der Waals surface area contributed by atoms with Gasteiger partial charge in [0.25, 0.3) is 0 Å². The molecule has 1 aliphatic rings. The fourth-order valence-corrected chi connectivity index (χ4v) is 5.75. The zero-order valence-electron chi connectivity index (χ0n) is 21.5. The molecule has 1 aliphatic carbocycles. The molecule has 0 radical (unpaired) electrons. The predicted octanol–water partition coefficient (Wildman–Crippen LogP) is 5.45. The van der Waals surface area contributed by atoms with Crippen molar-refractivity contribution in [2.45, 2.75) is 77.8 Å². The highest BCUT2D eigenvalue weighted by Gasteiger charge is 2.35. The van der Waals surface area contributed by atoms with Crippen molar-refractivity contribution in [2.24, 2.45) is 0 Å². The number of pyridine rings is 1. The summed E-state index contributed by atoms with van der Waals surface area (Å²) in [7, 11) is -1.28. The molecule has 0 saturated heterocycles. The minimum absolute atomic E-state index is 0.0330. The van der Waals surface area contributed by atoms with Crippen molar-refractivity contribution >= 4 is 37.4 Å². The smallest absolute Gasteiger partial charge is 0.214 e. The molecule has 0 amide bonds. The zero-order chi connectivity index (χ0) is 25.8. The molecule has 0 unspecified atom stereocenters. The van der Waals surface area contributed by atoms with E-state index in [0.717, 1.165) is 51.8 Å². The van der Waals surface area contributed by atoms with Gasteiger partial charge >= 0.3 is 0 Å². The van der Waals surface area contributed by atoms with Crippen molar-refractivity contribution in [2.75, 3.05) is 12.4 Å². The normalized spacial score (nSPS) is 13.8. The number of benzene rings is 1. The Morgan fingerprint density at radius 2 is 1.71 bits per heavy atom. The van der Waals surface area contributed by atoms with Gasteiger partial charge in [0.1, 0.15) is 17.2 Å². The lowest BCUT2D eigenvalue weighted by Gasteiger charge is -2.14. The lowest BCUT2D eigenvalue weighted by molar-refractivity contribution is 0.245. The first-order chi connectivity index (χ1) is 16.5. The number of methoxy groups -OCH3 is 1. The molecule has 192 valence electrons. The highest BCUT2D eigenvalue weighted by molar-refractivity contribution is 7.90. The van der Waals surface area contributed by atoms with Crippen LogP contribution in [0, 0.1) is 0 Å². The second kappa shape index (κ2) is 11.5. The van der Waals surface area contributed by atoms with Gasteiger partial charge in [-0.25, -0.2) is 23.1 Å². The molecular formula is C25H36N4O4S2. The first-order valence-electron chi connectivity index (χ1n) is 11.9. The molecule has 2 heterocycles. The topological polar surface area (TPSA) is 102 Å². The maximum atomic E-state index is 11.1. The summed E-state index contributed by atoms with van der Waals surface area (Å²) in [4.78, 5) is 9.42. The average molecular weight is 521 g/mol. The number of hydrogen-bond acceptors (Lipinski definition) is 8. The largest absolute Gasteiger partial charge is 0.497 e. The fraction of sp³-hybridized carbons (Fsp3) is 0.520. The standard InChI is InChI=1S/C19H23N3O2S.C6H13NO2S/c1-11(2)20-19-22-17(10-25-19)16-9-18(24-12(3)4)14-7-6-13(23-5)8-15(14)21-16;1-5(2)7-10(8,9)6-3-4-6/h6-12H,1-5H3,(H,20,22);5-7H,3-4H2,1-2H3. The number of rotatable bonds is 9. The number of hydrogen-bond donors (Lipinski definition) is 2. The van der Waals surface area contributed by atoms with Crippen LogP contribution >= 0.6 is 11.3 Å². The summed E-state index contributed by atoms with van der Waals surface area (Å²) in [6.45, 7) is 11.9. The summed E-state index contributed by atoms with van der Waals surface area (Å²) in [6.07, 6.45) is 1.75. The van der Waals surface area contributed by atoms with Crippen LogP contribution in [0.5, 0.6) is 11.5 Å². The van der Waals surface area contributed by atoms with Crippen LogP contribution < -0.4 is 19.5 Å². The first-order valence-corrected chi connectivity index (χ1v) is 14.3. The van der Waals surface area contributed by atoms with Crippen LogP contribution in [0.3, 0.4) is 0 Å². The molecule has 0 aliphatic heterocycles. The predicted molar refractivity (Wildman–Crippen MR) is 144 cm³/mol. The minimum Gasteiger partial charge on any atom is -0.497 e. The Bertz CT molecular complexity index is 1240. The van der Waals surface area contributed by atoms with E-state index in [2.05, 4.69) is 28.9 Å². The van der Waals surface area contributed by atoms with Crippen molar-refractivity contribution in [1.82, 2.24) is 14.7 Å². The Morgan fingerprint density at radius 1 is 1.00 bits per heavy atom. The quantitative estimate of drug-likeness (QED) is 0.387. The highest BCUT2D eigenvalue weighted by atomic mass is 32.2. The molecule has 0 atom stereocenters. The summed E-state index contributed by atoms with van der Waals surface area (Å²) in [6, 6.07) is 8.16. The summed E-state index contributed by atoms with van der Waals surface area (Å²) < 4.78 is 36.1. The van der Waals surface area contributed by atoms with Crippen LogP contribution in [0.1, 0.15) is 54.4 Å². The summed E-state index contributed by atoms with van der Waals surface area (Å²) in [5.41, 5.74) is 2.47. The molecule has 0 bridgehead atoms. The number of thiazole rings is 1. The van der Waals surface area contributed by atoms with E-state index in [0.29, 0.717) is 6.04 Å². The van der Waals surface area contributed by atoms with Crippen LogP contribution in [-0.4, -0.2) is 48.9 Å². The molecule has 3 aromatic rings. The van der Waals surface area contributed by atoms with Crippen molar-refractivity contribution < 1.29 is 17.9 Å². The highest BCUT2D eigenvalue weighted by Crippen LogP contribution is 2.34. The summed E-state index contributed by atoms with van der Waals surface area (Å²) in [5, 5.41) is 7.11. The zero-order valence-corrected chi connectivity index (χ0v) is 23.1. The van der Waals surface area contributed by atoms with Gasteiger partial charge in [-0.1, -0.05) is 0 Å². The molecule has 2 N–H and O–H groups in total. The van der Waals surface area contributed by atoms with Gasteiger partial charge in [0, 0.05) is 35.0 Å². The van der Waals surface area contributed by atoms with Crippen molar-refractivity contribution in [3.05, 3.63) is 29.6 Å². The van der Waals surface area contributed by atoms with E-state index in [-0.39, 0.29) is 17.4 Å². The van der Waals surface area contributed by atoms with Gasteiger partial charge in [0.05, 0.1) is 29.7 Å². The van der Waals surface area contributed by atoms with E-state index < -0.39 is 10.0 Å². The van der Waals surface area contributed by atoms with Crippen LogP contribution in [0.2, 0.25) is 0 Å². The van der Waals surface area contributed by atoms with Gasteiger partial charge in [-0.15, -0.1) is 11.3 Å². The molecule has 8 nitrogen and oxygen atoms in total. The van der Waals surface area contributed by atoms with Crippen molar-refractivity contribution in [3.8, 4) is 22.9 Å². The van der Waals surface area contributed by atoms with Crippen LogP contribution in [-0.2, 0) is 10.0 Å². The van der Waals surface area contributed by atoms with E-state index in [1.54, 1.807) is 18.4 Å². The number of nitrogens with one attached hydrogen (secondary N) is 2. The third kappa shape index (κ3) is 7.78. The van der Waals surface area contributed by atoms with E-state index >= 15 is 0 Å². The molecular weight excluding hydrogens is 484 g/mol. The number of aromatic nitrogens is 2. The second-order valence-corrected chi connectivity index (χ2v) is 12.3. The van der Waals surface area contributed by atoms with Crippen LogP contribution in [0.4, 0.5) is 5.13 Å². The van der Waals surface area contributed by atoms with Gasteiger partial charge in [-0.3, -0.25) is 0 Å². The summed E-state index contributed by atoms with van der Waals surface area (Å²) >= 11 is 1.58. The molecule has 0 spiro atoms. The first kappa shape index (κ1) is 27.2. The number of anilines is 1. The molecule has 10 heteroatoms. The number of ether oxygens (including phenoxy) is 2. The van der Waals surface area contributed by atoms with E-state index in [1.807, 2.05) is 57.3 Å². The average Bonchev–Trinajstić information content (AvgIpc) is 3.53. The van der Waals surface area contributed by atoms with Gasteiger partial charge in [-0.05, 0) is 66.5 Å². The molecule has 1 fully saturated rings. The maximum absolute atomic E-state index is 11.1. The molecule has 1 aromatic carbocycles. The second-order valence-electron chi connectivity index (χ2n) is 9.41. The Morgan fingerprint density at radius 3 is 2.29 bits per heavy atom. The maximum Gasteiger partial charge on any atom is 0.214 e. The Kier molecular flexibility index (Phi) is 8.95. The molecule has 35 heavy (non-hydrogen) atoms. The van der Waals surface area contributed by atoms with E-state index in [9.17, 15) is 8.42 Å². The minimum atomic E-state index is -2.94. The lowest BCUT2D eigenvalue weighted by Crippen LogP contribution is -2.32. The van der Waals surface area contributed by atoms with Crippen LogP contribution in [0.15, 0.2) is 29.6 Å². The molecule has 2 aromatic heterocycles. The number of fused-ring (bicyclic) bond motifs is 1.